The Balaban J connectivity index is 7.65. The molecule has 0 N–H and O–H groups in total. The van der Waals surface area contributed by atoms with E-state index < -0.39 is 0 Å². The minimum atomic E-state index is 0.177. The van der Waals surface area contributed by atoms with E-state index in [0.29, 0.717) is 5.92 Å². The standard InChI is InChI=1S/C34H71N/c1-16-19-21-24-34(25-22-28(4)5,35(27-30(8,9)10)32(14,15)18-3)33(23-20-17-2,26-29(6)7)31(11,12)13/h28-29H,16-27H2,1-15H3. The van der Waals surface area contributed by atoms with Crippen molar-refractivity contribution < 1.29 is 0 Å². The monoisotopic (exact) mass is 494 g/mol. The Morgan fingerprint density at radius 2 is 1.17 bits per heavy atom. The van der Waals surface area contributed by atoms with Gasteiger partial charge in [-0.25, -0.2) is 0 Å². The molecule has 0 bridgehead atoms. The number of unbranched alkanes of at least 4 members (excludes halogenated alkanes) is 3. The summed E-state index contributed by atoms with van der Waals surface area (Å²) in [5.74, 6) is 1.45. The fraction of sp³-hybridized carbons (Fsp3) is 1.00. The van der Waals surface area contributed by atoms with Gasteiger partial charge in [-0.1, -0.05) is 122 Å². The summed E-state index contributed by atoms with van der Waals surface area (Å²) < 4.78 is 0. The Morgan fingerprint density at radius 3 is 1.54 bits per heavy atom. The predicted octanol–water partition coefficient (Wildman–Crippen LogP) is 11.5. The Labute approximate surface area is 225 Å². The van der Waals surface area contributed by atoms with Crippen LogP contribution in [-0.2, 0) is 0 Å². The summed E-state index contributed by atoms with van der Waals surface area (Å²) >= 11 is 0. The molecule has 0 aromatic heterocycles. The van der Waals surface area contributed by atoms with Gasteiger partial charge in [0.1, 0.15) is 0 Å². The van der Waals surface area contributed by atoms with Gasteiger partial charge in [-0.05, 0) is 80.5 Å². The first-order valence-corrected chi connectivity index (χ1v) is 15.6. The van der Waals surface area contributed by atoms with Gasteiger partial charge in [-0.15, -0.1) is 0 Å². The number of nitrogens with zero attached hydrogens (tertiary/aromatic N) is 1. The van der Waals surface area contributed by atoms with Crippen molar-refractivity contribution in [3.8, 4) is 0 Å². The van der Waals surface area contributed by atoms with Crippen molar-refractivity contribution in [2.75, 3.05) is 6.54 Å². The third-order valence-corrected chi connectivity index (χ3v) is 9.11. The van der Waals surface area contributed by atoms with Crippen LogP contribution in [0.3, 0.4) is 0 Å². The van der Waals surface area contributed by atoms with Crippen molar-refractivity contribution in [2.24, 2.45) is 28.1 Å². The molecule has 0 saturated heterocycles. The van der Waals surface area contributed by atoms with E-state index in [2.05, 4.69) is 109 Å². The van der Waals surface area contributed by atoms with Crippen LogP contribution >= 0.6 is 0 Å². The lowest BCUT2D eigenvalue weighted by molar-refractivity contribution is -0.170. The fourth-order valence-electron chi connectivity index (χ4n) is 7.02. The molecule has 0 aliphatic heterocycles. The van der Waals surface area contributed by atoms with Gasteiger partial charge in [-0.3, -0.25) is 4.90 Å². The number of hydrogen-bond acceptors (Lipinski definition) is 1. The van der Waals surface area contributed by atoms with Crippen LogP contribution in [0.25, 0.3) is 0 Å². The highest BCUT2D eigenvalue weighted by molar-refractivity contribution is 5.13. The zero-order chi connectivity index (χ0) is 27.7. The maximum atomic E-state index is 3.13. The van der Waals surface area contributed by atoms with Crippen molar-refractivity contribution in [2.45, 2.75) is 186 Å². The molecule has 0 rings (SSSR count). The highest BCUT2D eigenvalue weighted by Gasteiger charge is 2.60. The maximum absolute atomic E-state index is 3.13. The summed E-state index contributed by atoms with van der Waals surface area (Å²) in [5, 5.41) is 0. The van der Waals surface area contributed by atoms with E-state index in [1.54, 1.807) is 0 Å². The van der Waals surface area contributed by atoms with Crippen molar-refractivity contribution >= 4 is 0 Å². The lowest BCUT2D eigenvalue weighted by Crippen LogP contribution is -2.70. The van der Waals surface area contributed by atoms with E-state index in [9.17, 15) is 0 Å². The normalized spacial score (nSPS) is 17.3. The van der Waals surface area contributed by atoms with Gasteiger partial charge in [0.25, 0.3) is 0 Å². The topological polar surface area (TPSA) is 3.24 Å². The van der Waals surface area contributed by atoms with Crippen LogP contribution in [0.2, 0.25) is 0 Å². The third-order valence-electron chi connectivity index (χ3n) is 9.11. The summed E-state index contributed by atoms with van der Waals surface area (Å²) in [6.07, 6.45) is 14.6. The van der Waals surface area contributed by atoms with Crippen LogP contribution in [0.15, 0.2) is 0 Å². The Bertz CT molecular complexity index is 558. The first-order chi connectivity index (χ1) is 15.9. The fourth-order valence-corrected chi connectivity index (χ4v) is 7.02. The smallest absolute Gasteiger partial charge is 0.0276 e. The summed E-state index contributed by atoms with van der Waals surface area (Å²) in [5.41, 5.74) is 1.18. The SMILES string of the molecule is CCCCCC(CCC(C)C)(N(CC(C)(C)C)C(C)(C)CC)C(CCCC)(CC(C)C)C(C)(C)C. The molecule has 2 unspecified atom stereocenters. The lowest BCUT2D eigenvalue weighted by atomic mass is 9.48. The molecule has 0 heterocycles. The first-order valence-electron chi connectivity index (χ1n) is 15.6. The third kappa shape index (κ3) is 9.65. The summed E-state index contributed by atoms with van der Waals surface area (Å²) in [4.78, 5) is 3.13. The molecule has 0 aliphatic carbocycles. The van der Waals surface area contributed by atoms with Crippen LogP contribution < -0.4 is 0 Å². The summed E-state index contributed by atoms with van der Waals surface area (Å²) in [6.45, 7) is 38.6. The van der Waals surface area contributed by atoms with E-state index >= 15 is 0 Å². The zero-order valence-corrected chi connectivity index (χ0v) is 27.6. The van der Waals surface area contributed by atoms with Crippen LogP contribution in [0, 0.1) is 28.1 Å². The molecule has 1 heteroatoms. The average Bonchev–Trinajstić information content (AvgIpc) is 2.70. The van der Waals surface area contributed by atoms with E-state index in [4.69, 9.17) is 0 Å². The van der Waals surface area contributed by atoms with E-state index in [0.717, 1.165) is 5.92 Å². The largest absolute Gasteiger partial charge is 0.291 e. The van der Waals surface area contributed by atoms with E-state index in [-0.39, 0.29) is 27.3 Å². The average molecular weight is 494 g/mol. The van der Waals surface area contributed by atoms with Crippen molar-refractivity contribution in [1.29, 1.82) is 0 Å². The zero-order valence-electron chi connectivity index (χ0n) is 27.6. The van der Waals surface area contributed by atoms with E-state index in [1.807, 2.05) is 0 Å². The Hall–Kier alpha value is -0.0400. The number of rotatable bonds is 17. The Kier molecular flexibility index (Phi) is 14.2. The predicted molar refractivity (Wildman–Crippen MR) is 162 cm³/mol. The van der Waals surface area contributed by atoms with Gasteiger partial charge in [0.2, 0.25) is 0 Å². The second-order valence-corrected chi connectivity index (χ2v) is 15.8. The molecule has 0 amide bonds. The molecule has 0 aliphatic rings. The minimum Gasteiger partial charge on any atom is -0.291 e. The molecule has 0 aromatic carbocycles. The molecule has 1 nitrogen and oxygen atoms in total. The molecular formula is C34H71N. The van der Waals surface area contributed by atoms with Gasteiger partial charge in [0, 0.05) is 17.6 Å². The lowest BCUT2D eigenvalue weighted by Gasteiger charge is -2.67. The molecule has 212 valence electrons. The van der Waals surface area contributed by atoms with E-state index in [1.165, 1.54) is 77.2 Å². The molecule has 35 heavy (non-hydrogen) atoms. The summed E-state index contributed by atoms with van der Waals surface area (Å²) in [7, 11) is 0. The van der Waals surface area contributed by atoms with Crippen LogP contribution in [0.5, 0.6) is 0 Å². The van der Waals surface area contributed by atoms with Crippen molar-refractivity contribution in [3.63, 3.8) is 0 Å². The highest BCUT2D eigenvalue weighted by Crippen LogP contribution is 2.61. The minimum absolute atomic E-state index is 0.177. The molecule has 2 atom stereocenters. The van der Waals surface area contributed by atoms with Crippen LogP contribution in [0.4, 0.5) is 0 Å². The molecule has 0 fully saturated rings. The maximum Gasteiger partial charge on any atom is 0.0276 e. The van der Waals surface area contributed by atoms with Gasteiger partial charge >= 0.3 is 0 Å². The van der Waals surface area contributed by atoms with Gasteiger partial charge < -0.3 is 0 Å². The van der Waals surface area contributed by atoms with Gasteiger partial charge in [0.15, 0.2) is 0 Å². The second-order valence-electron chi connectivity index (χ2n) is 15.8. The van der Waals surface area contributed by atoms with Crippen molar-refractivity contribution in [1.82, 2.24) is 4.90 Å². The molecule has 0 aromatic rings. The first kappa shape index (κ1) is 35.0. The highest BCUT2D eigenvalue weighted by atomic mass is 15.3. The van der Waals surface area contributed by atoms with Gasteiger partial charge in [0.05, 0.1) is 0 Å². The number of hydrogen-bond donors (Lipinski definition) is 0. The molecule has 0 spiro atoms. The second kappa shape index (κ2) is 14.2. The van der Waals surface area contributed by atoms with Crippen LogP contribution in [0.1, 0.15) is 174 Å². The van der Waals surface area contributed by atoms with Crippen molar-refractivity contribution in [3.05, 3.63) is 0 Å². The summed E-state index contributed by atoms with van der Waals surface area (Å²) in [6, 6.07) is 0. The molecule has 0 saturated carbocycles. The molecular weight excluding hydrogens is 422 g/mol. The Morgan fingerprint density at radius 1 is 0.629 bits per heavy atom. The van der Waals surface area contributed by atoms with Gasteiger partial charge in [-0.2, -0.15) is 0 Å². The van der Waals surface area contributed by atoms with Crippen LogP contribution in [-0.4, -0.2) is 22.5 Å². The molecule has 0 radical (unpaired) electrons. The quantitative estimate of drug-likeness (QED) is 0.182.